The molecule has 2 aliphatic carbocycles. The Morgan fingerprint density at radius 3 is 2.70 bits per heavy atom. The highest BCUT2D eigenvalue weighted by Gasteiger charge is 2.29. The van der Waals surface area contributed by atoms with Crippen LogP contribution in [-0.4, -0.2) is 16.6 Å². The van der Waals surface area contributed by atoms with E-state index < -0.39 is 0 Å². The fourth-order valence-electron chi connectivity index (χ4n) is 3.57. The normalized spacial score (nSPS) is 20.9. The predicted octanol–water partition coefficient (Wildman–Crippen LogP) is 4.28. The van der Waals surface area contributed by atoms with E-state index in [1.54, 1.807) is 0 Å². The number of rotatable bonds is 4. The molecule has 1 atom stereocenters. The summed E-state index contributed by atoms with van der Waals surface area (Å²) in [6.45, 7) is 2.75. The first kappa shape index (κ1) is 14.3. The van der Waals surface area contributed by atoms with E-state index in [4.69, 9.17) is 21.3 Å². The van der Waals surface area contributed by atoms with Gasteiger partial charge in [-0.3, -0.25) is 0 Å². The van der Waals surface area contributed by atoms with Gasteiger partial charge >= 0.3 is 0 Å². The van der Waals surface area contributed by atoms with Gasteiger partial charge in [0.05, 0.1) is 0 Å². The lowest BCUT2D eigenvalue weighted by Gasteiger charge is -2.29. The quantitative estimate of drug-likeness (QED) is 0.778. The summed E-state index contributed by atoms with van der Waals surface area (Å²) in [6, 6.07) is 0. The second kappa shape index (κ2) is 6.40. The Morgan fingerprint density at radius 1 is 1.15 bits per heavy atom. The second-order valence-electron chi connectivity index (χ2n) is 5.93. The molecule has 1 fully saturated rings. The van der Waals surface area contributed by atoms with E-state index in [-0.39, 0.29) is 6.10 Å². The largest absolute Gasteiger partial charge is 0.370 e. The molecule has 0 aliphatic heterocycles. The minimum atomic E-state index is 0.0312. The number of halogens is 1. The molecular weight excluding hydrogens is 272 g/mol. The molecule has 2 aliphatic rings. The number of hydrogen-bond donors (Lipinski definition) is 0. The van der Waals surface area contributed by atoms with Crippen LogP contribution in [0.5, 0.6) is 0 Å². The van der Waals surface area contributed by atoms with Crippen molar-refractivity contribution in [1.82, 2.24) is 9.97 Å². The van der Waals surface area contributed by atoms with Crippen LogP contribution in [0.25, 0.3) is 0 Å². The molecule has 0 saturated heterocycles. The lowest BCUT2D eigenvalue weighted by Crippen LogP contribution is -2.22. The number of ether oxygens (including phenoxy) is 1. The maximum atomic E-state index is 6.35. The van der Waals surface area contributed by atoms with Crippen molar-refractivity contribution >= 4 is 11.6 Å². The highest BCUT2D eigenvalue weighted by Crippen LogP contribution is 2.37. The summed E-state index contributed by atoms with van der Waals surface area (Å²) < 4.78 is 6.00. The van der Waals surface area contributed by atoms with Crippen molar-refractivity contribution in [2.75, 3.05) is 6.61 Å². The Bertz CT molecular complexity index is 472. The zero-order valence-corrected chi connectivity index (χ0v) is 13.0. The van der Waals surface area contributed by atoms with Gasteiger partial charge in [-0.05, 0) is 44.9 Å². The van der Waals surface area contributed by atoms with Crippen LogP contribution < -0.4 is 0 Å². The minimum Gasteiger partial charge on any atom is -0.370 e. The lowest BCUT2D eigenvalue weighted by molar-refractivity contribution is -0.000307. The minimum absolute atomic E-state index is 0.0312. The Morgan fingerprint density at radius 2 is 1.95 bits per heavy atom. The number of aryl methyl sites for hydroxylation is 1. The maximum absolute atomic E-state index is 6.35. The summed E-state index contributed by atoms with van der Waals surface area (Å²) in [5.41, 5.74) is 2.31. The monoisotopic (exact) mass is 294 g/mol. The maximum Gasteiger partial charge on any atom is 0.159 e. The van der Waals surface area contributed by atoms with E-state index in [1.807, 2.05) is 6.92 Å². The van der Waals surface area contributed by atoms with Crippen molar-refractivity contribution in [1.29, 1.82) is 0 Å². The Kier molecular flexibility index (Phi) is 4.57. The zero-order valence-electron chi connectivity index (χ0n) is 12.2. The molecule has 1 saturated carbocycles. The fourth-order valence-corrected chi connectivity index (χ4v) is 3.86. The van der Waals surface area contributed by atoms with Crippen LogP contribution in [0.1, 0.15) is 68.6 Å². The zero-order chi connectivity index (χ0) is 13.9. The predicted molar refractivity (Wildman–Crippen MR) is 80.0 cm³/mol. The molecule has 1 aromatic rings. The Balaban J connectivity index is 1.88. The van der Waals surface area contributed by atoms with E-state index in [9.17, 15) is 0 Å². The van der Waals surface area contributed by atoms with Crippen molar-refractivity contribution in [2.24, 2.45) is 5.92 Å². The molecule has 0 bridgehead atoms. The van der Waals surface area contributed by atoms with Crippen LogP contribution >= 0.6 is 11.6 Å². The number of hydrogen-bond acceptors (Lipinski definition) is 3. The van der Waals surface area contributed by atoms with Crippen molar-refractivity contribution in [3.63, 3.8) is 0 Å². The molecule has 20 heavy (non-hydrogen) atoms. The highest BCUT2D eigenvalue weighted by atomic mass is 35.5. The van der Waals surface area contributed by atoms with Crippen LogP contribution in [0.15, 0.2) is 0 Å². The molecule has 1 unspecified atom stereocenters. The molecular formula is C16H23ClN2O. The first-order valence-corrected chi connectivity index (χ1v) is 8.34. The standard InChI is InChI=1S/C16H23ClN2O/c1-2-20-14(11-7-4-3-5-8-11)16-18-13-10-6-9-12(13)15(17)19-16/h11,14H,2-10H2,1H3. The van der Waals surface area contributed by atoms with E-state index in [0.29, 0.717) is 17.7 Å². The van der Waals surface area contributed by atoms with Gasteiger partial charge in [-0.1, -0.05) is 30.9 Å². The molecule has 1 heterocycles. The molecule has 3 nitrogen and oxygen atoms in total. The summed E-state index contributed by atoms with van der Waals surface area (Å²) in [5, 5.41) is 0.656. The molecule has 3 rings (SSSR count). The van der Waals surface area contributed by atoms with Gasteiger partial charge in [-0.15, -0.1) is 0 Å². The van der Waals surface area contributed by atoms with Crippen LogP contribution in [0.3, 0.4) is 0 Å². The smallest absolute Gasteiger partial charge is 0.159 e. The molecule has 1 aromatic heterocycles. The van der Waals surface area contributed by atoms with Gasteiger partial charge in [0, 0.05) is 17.9 Å². The molecule has 0 N–H and O–H groups in total. The van der Waals surface area contributed by atoms with Gasteiger partial charge in [0.2, 0.25) is 0 Å². The summed E-state index contributed by atoms with van der Waals surface area (Å²) in [7, 11) is 0. The SMILES string of the molecule is CCOC(c1nc(Cl)c2c(n1)CCC2)C1CCCCC1. The molecule has 0 aromatic carbocycles. The topological polar surface area (TPSA) is 35.0 Å². The average Bonchev–Trinajstić information content (AvgIpc) is 2.94. The number of aromatic nitrogens is 2. The van der Waals surface area contributed by atoms with Gasteiger partial charge in [-0.25, -0.2) is 9.97 Å². The molecule has 110 valence electrons. The van der Waals surface area contributed by atoms with Crippen molar-refractivity contribution in [2.45, 2.75) is 64.4 Å². The van der Waals surface area contributed by atoms with E-state index in [0.717, 1.165) is 36.3 Å². The van der Waals surface area contributed by atoms with Crippen LogP contribution in [0, 0.1) is 5.92 Å². The third-order valence-corrected chi connectivity index (χ3v) is 4.89. The van der Waals surface area contributed by atoms with Gasteiger partial charge in [0.15, 0.2) is 5.82 Å². The second-order valence-corrected chi connectivity index (χ2v) is 6.28. The molecule has 0 radical (unpaired) electrons. The Hall–Kier alpha value is -0.670. The third kappa shape index (κ3) is 2.84. The van der Waals surface area contributed by atoms with Crippen molar-refractivity contribution in [3.05, 3.63) is 22.2 Å². The van der Waals surface area contributed by atoms with E-state index >= 15 is 0 Å². The van der Waals surface area contributed by atoms with Crippen molar-refractivity contribution < 1.29 is 4.74 Å². The first-order chi connectivity index (χ1) is 9.79. The average molecular weight is 295 g/mol. The van der Waals surface area contributed by atoms with Gasteiger partial charge in [0.25, 0.3) is 0 Å². The van der Waals surface area contributed by atoms with Gasteiger partial charge < -0.3 is 4.74 Å². The summed E-state index contributed by atoms with van der Waals surface area (Å²) in [5.74, 6) is 1.38. The van der Waals surface area contributed by atoms with Crippen LogP contribution in [-0.2, 0) is 17.6 Å². The Labute approximate surface area is 126 Å². The van der Waals surface area contributed by atoms with E-state index in [1.165, 1.54) is 32.1 Å². The third-order valence-electron chi connectivity index (χ3n) is 4.58. The molecule has 0 amide bonds. The molecule has 4 heteroatoms. The van der Waals surface area contributed by atoms with Crippen LogP contribution in [0.2, 0.25) is 5.15 Å². The fraction of sp³-hybridized carbons (Fsp3) is 0.750. The van der Waals surface area contributed by atoms with E-state index in [2.05, 4.69) is 4.98 Å². The lowest BCUT2D eigenvalue weighted by atomic mass is 9.85. The first-order valence-electron chi connectivity index (χ1n) is 7.96. The number of fused-ring (bicyclic) bond motifs is 1. The van der Waals surface area contributed by atoms with Crippen molar-refractivity contribution in [3.8, 4) is 0 Å². The summed E-state index contributed by atoms with van der Waals surface area (Å²) in [4.78, 5) is 9.36. The molecule has 0 spiro atoms. The van der Waals surface area contributed by atoms with Gasteiger partial charge in [-0.2, -0.15) is 0 Å². The summed E-state index contributed by atoms with van der Waals surface area (Å²) >= 11 is 6.35. The summed E-state index contributed by atoms with van der Waals surface area (Å²) in [6.07, 6.45) is 9.64. The highest BCUT2D eigenvalue weighted by molar-refractivity contribution is 6.30. The number of nitrogens with zero attached hydrogens (tertiary/aromatic N) is 2. The van der Waals surface area contributed by atoms with Crippen LogP contribution in [0.4, 0.5) is 0 Å². The van der Waals surface area contributed by atoms with Gasteiger partial charge in [0.1, 0.15) is 11.3 Å².